The number of nitro groups is 1. The minimum atomic E-state index is -5.00. The molecule has 0 unspecified atom stereocenters. The summed E-state index contributed by atoms with van der Waals surface area (Å²) in [6, 6.07) is 2.78. The highest BCUT2D eigenvalue weighted by atomic mass is 32.3. The van der Waals surface area contributed by atoms with Gasteiger partial charge in [-0.1, -0.05) is 6.07 Å². The topological polar surface area (TPSA) is 77.3 Å². The first-order chi connectivity index (χ1) is 6.81. The van der Waals surface area contributed by atoms with Crippen LogP contribution in [0.4, 0.5) is 14.0 Å². The molecule has 0 amide bonds. The maximum absolute atomic E-state index is 13.0. The molecule has 15 heavy (non-hydrogen) atoms. The molecule has 0 saturated heterocycles. The van der Waals surface area contributed by atoms with E-state index in [2.05, 4.69) is 0 Å². The fraction of sp³-hybridized carbons (Fsp3) is 0.143. The predicted octanol–water partition coefficient (Wildman–Crippen LogP) is 1.53. The van der Waals surface area contributed by atoms with Crippen LogP contribution in [0.1, 0.15) is 5.56 Å². The molecule has 82 valence electrons. The minimum Gasteiger partial charge on any atom is -0.258 e. The van der Waals surface area contributed by atoms with Crippen LogP contribution in [0.25, 0.3) is 0 Å². The molecule has 8 heteroatoms. The van der Waals surface area contributed by atoms with E-state index in [1.165, 1.54) is 0 Å². The number of rotatable bonds is 3. The zero-order valence-electron chi connectivity index (χ0n) is 7.18. The first-order valence-corrected chi connectivity index (χ1v) is 5.20. The summed E-state index contributed by atoms with van der Waals surface area (Å²) in [5, 5.41) is 10.4. The average Bonchev–Trinajstić information content (AvgIpc) is 2.05. The monoisotopic (exact) mass is 237 g/mol. The Balaban J connectivity index is 3.32. The molecule has 0 atom stereocenters. The lowest BCUT2D eigenvalue weighted by molar-refractivity contribution is -0.385. The van der Waals surface area contributed by atoms with E-state index < -0.39 is 38.0 Å². The van der Waals surface area contributed by atoms with Crippen molar-refractivity contribution in [2.75, 3.05) is 0 Å². The second kappa shape index (κ2) is 3.89. The lowest BCUT2D eigenvalue weighted by Crippen LogP contribution is -2.03. The molecule has 0 aliphatic carbocycles. The second-order valence-electron chi connectivity index (χ2n) is 2.68. The van der Waals surface area contributed by atoms with Gasteiger partial charge in [-0.25, -0.2) is 4.39 Å². The van der Waals surface area contributed by atoms with Crippen LogP contribution in [0.5, 0.6) is 0 Å². The standard InChI is InChI=1S/C7H5F2NO4S/c8-6-2-1-3-7(10(11)12)5(6)4-15(9,13)14/h1-3H,4H2. The van der Waals surface area contributed by atoms with Gasteiger partial charge < -0.3 is 0 Å². The molecule has 0 aliphatic rings. The predicted molar refractivity (Wildman–Crippen MR) is 46.8 cm³/mol. The third kappa shape index (κ3) is 2.94. The third-order valence-corrected chi connectivity index (χ3v) is 2.24. The SMILES string of the molecule is O=[N+]([O-])c1cccc(F)c1CS(=O)(=O)F. The summed E-state index contributed by atoms with van der Waals surface area (Å²) >= 11 is 0. The molecule has 0 N–H and O–H groups in total. The summed E-state index contributed by atoms with van der Waals surface area (Å²) < 4.78 is 45.8. The van der Waals surface area contributed by atoms with Crippen molar-refractivity contribution in [3.05, 3.63) is 39.7 Å². The van der Waals surface area contributed by atoms with E-state index in [4.69, 9.17) is 0 Å². The minimum absolute atomic E-state index is 0.753. The van der Waals surface area contributed by atoms with Crippen LogP contribution in [0.15, 0.2) is 18.2 Å². The van der Waals surface area contributed by atoms with Gasteiger partial charge >= 0.3 is 10.2 Å². The van der Waals surface area contributed by atoms with E-state index in [-0.39, 0.29) is 0 Å². The van der Waals surface area contributed by atoms with Crippen LogP contribution < -0.4 is 0 Å². The van der Waals surface area contributed by atoms with Gasteiger partial charge in [0.05, 0.1) is 10.5 Å². The highest BCUT2D eigenvalue weighted by Gasteiger charge is 2.23. The normalized spacial score (nSPS) is 11.3. The highest BCUT2D eigenvalue weighted by Crippen LogP contribution is 2.23. The van der Waals surface area contributed by atoms with Gasteiger partial charge in [-0.2, -0.15) is 8.42 Å². The Bertz CT molecular complexity index is 500. The molecule has 0 heterocycles. The second-order valence-corrected chi connectivity index (χ2v) is 4.04. The van der Waals surface area contributed by atoms with Crippen molar-refractivity contribution in [2.45, 2.75) is 5.75 Å². The Hall–Kier alpha value is -1.57. The van der Waals surface area contributed by atoms with Crippen LogP contribution in [-0.4, -0.2) is 13.3 Å². The lowest BCUT2D eigenvalue weighted by Gasteiger charge is -2.00. The van der Waals surface area contributed by atoms with Gasteiger partial charge in [0.15, 0.2) is 0 Å². The smallest absolute Gasteiger partial charge is 0.258 e. The van der Waals surface area contributed by atoms with Crippen molar-refractivity contribution in [2.24, 2.45) is 0 Å². The van der Waals surface area contributed by atoms with E-state index >= 15 is 0 Å². The molecule has 0 aliphatic heterocycles. The number of nitrogens with zero attached hydrogens (tertiary/aromatic N) is 1. The first kappa shape index (κ1) is 11.5. The van der Waals surface area contributed by atoms with Gasteiger partial charge in [-0.3, -0.25) is 10.1 Å². The van der Waals surface area contributed by atoms with E-state index in [1.807, 2.05) is 0 Å². The Morgan fingerprint density at radius 1 is 1.40 bits per heavy atom. The summed E-state index contributed by atoms with van der Waals surface area (Å²) in [4.78, 5) is 9.41. The molecule has 1 rings (SSSR count). The zero-order chi connectivity index (χ0) is 11.6. The Morgan fingerprint density at radius 3 is 2.47 bits per heavy atom. The number of hydrogen-bond donors (Lipinski definition) is 0. The molecular formula is C7H5F2NO4S. The Kier molecular flexibility index (Phi) is 2.98. The molecule has 0 radical (unpaired) electrons. The number of nitro benzene ring substituents is 1. The first-order valence-electron chi connectivity index (χ1n) is 3.65. The summed E-state index contributed by atoms with van der Waals surface area (Å²) in [7, 11) is -5.00. The van der Waals surface area contributed by atoms with Crippen molar-refractivity contribution in [3.8, 4) is 0 Å². The average molecular weight is 237 g/mol. The fourth-order valence-corrected chi connectivity index (χ4v) is 1.66. The molecule has 0 fully saturated rings. The van der Waals surface area contributed by atoms with Gasteiger partial charge in [0.2, 0.25) is 0 Å². The van der Waals surface area contributed by atoms with Crippen molar-refractivity contribution in [1.29, 1.82) is 0 Å². The van der Waals surface area contributed by atoms with Crippen molar-refractivity contribution in [3.63, 3.8) is 0 Å². The van der Waals surface area contributed by atoms with E-state index in [1.54, 1.807) is 0 Å². The van der Waals surface area contributed by atoms with E-state index in [0.717, 1.165) is 18.2 Å². The third-order valence-electron chi connectivity index (χ3n) is 1.61. The maximum Gasteiger partial charge on any atom is 0.306 e. The molecular weight excluding hydrogens is 232 g/mol. The number of benzene rings is 1. The van der Waals surface area contributed by atoms with Crippen LogP contribution >= 0.6 is 0 Å². The van der Waals surface area contributed by atoms with Crippen LogP contribution in [0.3, 0.4) is 0 Å². The zero-order valence-corrected chi connectivity index (χ0v) is 8.00. The molecule has 0 spiro atoms. The van der Waals surface area contributed by atoms with E-state index in [9.17, 15) is 26.8 Å². The fourth-order valence-electron chi connectivity index (χ4n) is 1.03. The summed E-state index contributed by atoms with van der Waals surface area (Å²) in [6.45, 7) is 0. The Morgan fingerprint density at radius 2 is 2.00 bits per heavy atom. The molecule has 1 aromatic carbocycles. The van der Waals surface area contributed by atoms with Gasteiger partial charge in [0.25, 0.3) is 5.69 Å². The molecule has 0 saturated carbocycles. The quantitative estimate of drug-likeness (QED) is 0.453. The molecule has 5 nitrogen and oxygen atoms in total. The highest BCUT2D eigenvalue weighted by molar-refractivity contribution is 7.85. The maximum atomic E-state index is 13.0. The van der Waals surface area contributed by atoms with Crippen LogP contribution in [-0.2, 0) is 16.0 Å². The summed E-state index contributed by atoms with van der Waals surface area (Å²) in [5.41, 5.74) is -1.53. The van der Waals surface area contributed by atoms with Gasteiger partial charge in [-0.15, -0.1) is 3.89 Å². The Labute approximate surface area is 83.7 Å². The molecule has 0 bridgehead atoms. The lowest BCUT2D eigenvalue weighted by atomic mass is 10.2. The van der Waals surface area contributed by atoms with Crippen molar-refractivity contribution >= 4 is 15.9 Å². The molecule has 0 aromatic heterocycles. The molecule has 1 aromatic rings. The summed E-state index contributed by atoms with van der Waals surface area (Å²) in [6.07, 6.45) is 0. The van der Waals surface area contributed by atoms with Crippen LogP contribution in [0, 0.1) is 15.9 Å². The van der Waals surface area contributed by atoms with Crippen LogP contribution in [0.2, 0.25) is 0 Å². The van der Waals surface area contributed by atoms with Gasteiger partial charge in [0.1, 0.15) is 11.6 Å². The van der Waals surface area contributed by atoms with Crippen molar-refractivity contribution in [1.82, 2.24) is 0 Å². The van der Waals surface area contributed by atoms with E-state index in [0.29, 0.717) is 0 Å². The van der Waals surface area contributed by atoms with Gasteiger partial charge in [0, 0.05) is 6.07 Å². The summed E-state index contributed by atoms with van der Waals surface area (Å²) in [5.74, 6) is -2.46. The largest absolute Gasteiger partial charge is 0.306 e. The van der Waals surface area contributed by atoms with Crippen molar-refractivity contribution < 1.29 is 21.6 Å². The number of halogens is 2. The van der Waals surface area contributed by atoms with Gasteiger partial charge in [-0.05, 0) is 6.07 Å². The number of hydrogen-bond acceptors (Lipinski definition) is 4.